The molecule has 0 saturated heterocycles. The molecule has 8 heteroatoms. The highest BCUT2D eigenvalue weighted by Gasteiger charge is 2.34. The lowest BCUT2D eigenvalue weighted by Gasteiger charge is -2.30. The Hall–Kier alpha value is -2.87. The second kappa shape index (κ2) is 8.47. The molecule has 0 aliphatic heterocycles. The van der Waals surface area contributed by atoms with Crippen molar-refractivity contribution in [3.8, 4) is 5.75 Å². The number of benzene rings is 2. The molecule has 1 aliphatic rings. The van der Waals surface area contributed by atoms with Crippen molar-refractivity contribution in [1.29, 1.82) is 0 Å². The van der Waals surface area contributed by atoms with Crippen molar-refractivity contribution in [3.63, 3.8) is 0 Å². The first-order chi connectivity index (χ1) is 14.1. The lowest BCUT2D eigenvalue weighted by atomic mass is 9.83. The first-order valence-corrected chi connectivity index (χ1v) is 11.5. The van der Waals surface area contributed by atoms with Crippen molar-refractivity contribution in [1.82, 2.24) is 0 Å². The van der Waals surface area contributed by atoms with E-state index in [4.69, 9.17) is 4.74 Å². The van der Waals surface area contributed by atoms with E-state index in [2.05, 4.69) is 0 Å². The fourth-order valence-electron chi connectivity index (χ4n) is 3.80. The molecular formula is C22H26N2O5S. The van der Waals surface area contributed by atoms with E-state index in [9.17, 15) is 18.0 Å². The van der Waals surface area contributed by atoms with Gasteiger partial charge in [-0.1, -0.05) is 12.1 Å². The van der Waals surface area contributed by atoms with E-state index >= 15 is 0 Å². The number of aryl methyl sites for hydroxylation is 1. The number of hydrogen-bond acceptors (Lipinski definition) is 5. The third-order valence-electron chi connectivity index (χ3n) is 5.49. The first-order valence-electron chi connectivity index (χ1n) is 9.66. The predicted octanol–water partition coefficient (Wildman–Crippen LogP) is 2.78. The van der Waals surface area contributed by atoms with Crippen molar-refractivity contribution in [2.24, 2.45) is 5.92 Å². The number of ether oxygens (including phenoxy) is 1. The molecule has 30 heavy (non-hydrogen) atoms. The number of carbonyl (C=O) groups is 2. The summed E-state index contributed by atoms with van der Waals surface area (Å²) in [6.07, 6.45) is 2.70. The van der Waals surface area contributed by atoms with E-state index in [1.807, 2.05) is 18.2 Å². The number of anilines is 2. The summed E-state index contributed by atoms with van der Waals surface area (Å²) in [5.74, 6) is -0.356. The summed E-state index contributed by atoms with van der Waals surface area (Å²) >= 11 is 0. The van der Waals surface area contributed by atoms with Gasteiger partial charge in [0.15, 0.2) is 0 Å². The largest absolute Gasteiger partial charge is 0.496 e. The maximum absolute atomic E-state index is 13.3. The molecule has 3 rings (SSSR count). The van der Waals surface area contributed by atoms with Crippen LogP contribution in [0.4, 0.5) is 11.4 Å². The van der Waals surface area contributed by atoms with Gasteiger partial charge in [-0.15, -0.1) is 0 Å². The molecule has 0 saturated carbocycles. The second-order valence-electron chi connectivity index (χ2n) is 7.50. The average Bonchev–Trinajstić information content (AvgIpc) is 2.71. The summed E-state index contributed by atoms with van der Waals surface area (Å²) < 4.78 is 31.4. The molecule has 1 atom stereocenters. The molecule has 1 unspecified atom stereocenters. The summed E-state index contributed by atoms with van der Waals surface area (Å²) in [6, 6.07) is 12.1. The van der Waals surface area contributed by atoms with Crippen LogP contribution in [-0.4, -0.2) is 40.6 Å². The van der Waals surface area contributed by atoms with E-state index in [-0.39, 0.29) is 11.6 Å². The minimum absolute atomic E-state index is 0.145. The molecule has 2 aromatic rings. The maximum atomic E-state index is 13.3. The third-order valence-corrected chi connectivity index (χ3v) is 6.54. The quantitative estimate of drug-likeness (QED) is 0.728. The Morgan fingerprint density at radius 3 is 2.27 bits per heavy atom. The van der Waals surface area contributed by atoms with Crippen molar-refractivity contribution >= 4 is 33.2 Å². The number of amides is 2. The smallest absolute Gasteiger partial charge is 0.244 e. The van der Waals surface area contributed by atoms with Gasteiger partial charge in [0, 0.05) is 25.6 Å². The Balaban J connectivity index is 1.92. The molecule has 0 heterocycles. The summed E-state index contributed by atoms with van der Waals surface area (Å²) in [5.41, 5.74) is 2.95. The third kappa shape index (κ3) is 4.33. The SMILES string of the molecule is COc1cccc2c1CC(C(=O)N(c1ccc(N(C)C(C)=O)cc1)S(C)(=O)=O)CC2. The minimum Gasteiger partial charge on any atom is -0.496 e. The summed E-state index contributed by atoms with van der Waals surface area (Å²) in [4.78, 5) is 26.3. The number of fused-ring (bicyclic) bond motifs is 1. The topological polar surface area (TPSA) is 84.0 Å². The maximum Gasteiger partial charge on any atom is 0.244 e. The lowest BCUT2D eigenvalue weighted by molar-refractivity contribution is -0.121. The van der Waals surface area contributed by atoms with Crippen LogP contribution in [0.25, 0.3) is 0 Å². The molecule has 0 N–H and O–H groups in total. The van der Waals surface area contributed by atoms with E-state index in [0.29, 0.717) is 30.7 Å². The van der Waals surface area contributed by atoms with Crippen molar-refractivity contribution in [2.75, 3.05) is 29.6 Å². The molecule has 2 amide bonds. The number of sulfonamides is 1. The first kappa shape index (κ1) is 21.8. The number of rotatable bonds is 5. The highest BCUT2D eigenvalue weighted by Crippen LogP contribution is 2.34. The van der Waals surface area contributed by atoms with Gasteiger partial charge in [0.1, 0.15) is 5.75 Å². The Kier molecular flexibility index (Phi) is 6.17. The molecule has 0 radical (unpaired) electrons. The van der Waals surface area contributed by atoms with Gasteiger partial charge in [0.2, 0.25) is 21.8 Å². The van der Waals surface area contributed by atoms with Crippen LogP contribution in [0.5, 0.6) is 5.75 Å². The molecule has 7 nitrogen and oxygen atoms in total. The Bertz CT molecular complexity index is 1050. The van der Waals surface area contributed by atoms with E-state index in [1.165, 1.54) is 11.8 Å². The number of nitrogens with zero attached hydrogens (tertiary/aromatic N) is 2. The van der Waals surface area contributed by atoms with Crippen molar-refractivity contribution < 1.29 is 22.7 Å². The van der Waals surface area contributed by atoms with Crippen LogP contribution in [0, 0.1) is 5.92 Å². The van der Waals surface area contributed by atoms with Gasteiger partial charge in [0.25, 0.3) is 0 Å². The molecule has 0 spiro atoms. The number of hydrogen-bond donors (Lipinski definition) is 0. The van der Waals surface area contributed by atoms with Gasteiger partial charge >= 0.3 is 0 Å². The highest BCUT2D eigenvalue weighted by molar-refractivity contribution is 7.92. The fraction of sp³-hybridized carbons (Fsp3) is 0.364. The van der Waals surface area contributed by atoms with Crippen molar-refractivity contribution in [3.05, 3.63) is 53.6 Å². The molecule has 0 aromatic heterocycles. The Morgan fingerprint density at radius 1 is 1.07 bits per heavy atom. The van der Waals surface area contributed by atoms with Gasteiger partial charge in [0.05, 0.1) is 19.1 Å². The van der Waals surface area contributed by atoms with Crippen LogP contribution < -0.4 is 13.9 Å². The van der Waals surface area contributed by atoms with Crippen molar-refractivity contribution in [2.45, 2.75) is 26.2 Å². The van der Waals surface area contributed by atoms with Gasteiger partial charge in [-0.05, 0) is 60.7 Å². The zero-order valence-electron chi connectivity index (χ0n) is 17.6. The minimum atomic E-state index is -3.84. The zero-order valence-corrected chi connectivity index (χ0v) is 18.4. The van der Waals surface area contributed by atoms with Gasteiger partial charge < -0.3 is 9.64 Å². The second-order valence-corrected chi connectivity index (χ2v) is 9.33. The van der Waals surface area contributed by atoms with Crippen LogP contribution in [0.3, 0.4) is 0 Å². The van der Waals surface area contributed by atoms with Gasteiger partial charge in [-0.25, -0.2) is 12.7 Å². The highest BCUT2D eigenvalue weighted by atomic mass is 32.2. The van der Waals surface area contributed by atoms with Crippen LogP contribution in [-0.2, 0) is 32.5 Å². The van der Waals surface area contributed by atoms with Crippen LogP contribution in [0.2, 0.25) is 0 Å². The normalized spacial score (nSPS) is 15.8. The number of carbonyl (C=O) groups excluding carboxylic acids is 2. The van der Waals surface area contributed by atoms with E-state index in [1.54, 1.807) is 38.4 Å². The zero-order chi connectivity index (χ0) is 22.1. The van der Waals surface area contributed by atoms with E-state index < -0.39 is 21.8 Å². The Labute approximate surface area is 177 Å². The molecule has 2 aromatic carbocycles. The predicted molar refractivity (Wildman–Crippen MR) is 116 cm³/mol. The van der Waals surface area contributed by atoms with Crippen LogP contribution in [0.1, 0.15) is 24.5 Å². The summed E-state index contributed by atoms with van der Waals surface area (Å²) in [5, 5.41) is 0. The molecular weight excluding hydrogens is 404 g/mol. The average molecular weight is 431 g/mol. The summed E-state index contributed by atoms with van der Waals surface area (Å²) in [7, 11) is -0.622. The molecule has 0 bridgehead atoms. The van der Waals surface area contributed by atoms with Gasteiger partial charge in [-0.2, -0.15) is 0 Å². The van der Waals surface area contributed by atoms with Gasteiger partial charge in [-0.3, -0.25) is 9.59 Å². The standard InChI is InChI=1S/C22H26N2O5S/c1-15(25)23(2)18-10-12-19(13-11-18)24(30(4,27)28)22(26)17-9-8-16-6-5-7-21(29-3)20(16)14-17/h5-7,10-13,17H,8-9,14H2,1-4H3. The van der Waals surface area contributed by atoms with E-state index in [0.717, 1.165) is 21.7 Å². The molecule has 1 aliphatic carbocycles. The molecule has 160 valence electrons. The van der Waals surface area contributed by atoms with Crippen LogP contribution >= 0.6 is 0 Å². The number of methoxy groups -OCH3 is 1. The lowest BCUT2D eigenvalue weighted by Crippen LogP contribution is -2.42. The van der Waals surface area contributed by atoms with Crippen LogP contribution in [0.15, 0.2) is 42.5 Å². The fourth-order valence-corrected chi connectivity index (χ4v) is 4.78. The summed E-state index contributed by atoms with van der Waals surface area (Å²) in [6.45, 7) is 1.44. The molecule has 0 fully saturated rings. The monoisotopic (exact) mass is 430 g/mol. The Morgan fingerprint density at radius 2 is 1.70 bits per heavy atom.